The monoisotopic (exact) mass is 502 g/mol. The maximum absolute atomic E-state index is 14.6. The number of hydrogen-bond donors (Lipinski definition) is 0. The summed E-state index contributed by atoms with van der Waals surface area (Å²) in [5, 5.41) is 0. The van der Waals surface area contributed by atoms with E-state index in [1.54, 1.807) is 0 Å². The van der Waals surface area contributed by atoms with E-state index in [1.807, 2.05) is 43.4 Å². The summed E-state index contributed by atoms with van der Waals surface area (Å²) >= 11 is 0. The Hall–Kier alpha value is -3.69. The predicted octanol–water partition coefficient (Wildman–Crippen LogP) is 7.20. The van der Waals surface area contributed by atoms with Crippen LogP contribution in [0.5, 0.6) is 0 Å². The lowest BCUT2D eigenvalue weighted by molar-refractivity contribution is -0.140. The first kappa shape index (κ1) is 25.9. The van der Waals surface area contributed by atoms with Crippen LogP contribution in [0.3, 0.4) is 0 Å². The summed E-state index contributed by atoms with van der Waals surface area (Å²) in [7, 11) is 6.41. The highest BCUT2D eigenvalue weighted by Crippen LogP contribution is 2.51. The van der Waals surface area contributed by atoms with Crippen molar-refractivity contribution in [2.75, 3.05) is 21.1 Å². The highest BCUT2D eigenvalue weighted by molar-refractivity contribution is 5.88. The number of carbonyl (C=O) groups is 1. The Balaban J connectivity index is 1.56. The molecule has 0 heterocycles. The van der Waals surface area contributed by atoms with Crippen molar-refractivity contribution in [3.63, 3.8) is 0 Å². The van der Waals surface area contributed by atoms with Crippen LogP contribution in [0.1, 0.15) is 53.9 Å². The van der Waals surface area contributed by atoms with Gasteiger partial charge in [-0.15, -0.1) is 0 Å². The molecule has 1 fully saturated rings. The zero-order chi connectivity index (χ0) is 26.6. The summed E-state index contributed by atoms with van der Waals surface area (Å²) in [5.74, 6) is -0.207. The van der Waals surface area contributed by atoms with E-state index in [2.05, 4.69) is 109 Å². The molecule has 1 amide bonds. The minimum Gasteiger partial charge on any atom is -0.335 e. The summed E-state index contributed by atoms with van der Waals surface area (Å²) in [5.41, 5.74) is 4.20. The molecule has 0 unspecified atom stereocenters. The molecule has 0 aromatic heterocycles. The molecular weight excluding hydrogens is 464 g/mol. The summed E-state index contributed by atoms with van der Waals surface area (Å²) in [6.45, 7) is 0. The summed E-state index contributed by atoms with van der Waals surface area (Å²) in [6, 6.07) is 42.0. The van der Waals surface area contributed by atoms with Gasteiger partial charge in [0.15, 0.2) is 0 Å². The Kier molecular flexibility index (Phi) is 7.49. The Morgan fingerprint density at radius 2 is 0.895 bits per heavy atom. The zero-order valence-corrected chi connectivity index (χ0v) is 22.8. The van der Waals surface area contributed by atoms with E-state index in [0.717, 1.165) is 36.8 Å². The average Bonchev–Trinajstić information content (AvgIpc) is 2.99. The van der Waals surface area contributed by atoms with E-state index in [1.165, 1.54) is 11.1 Å². The molecule has 38 heavy (non-hydrogen) atoms. The molecule has 1 saturated carbocycles. The second kappa shape index (κ2) is 11.0. The second-order valence-corrected chi connectivity index (χ2v) is 10.8. The Morgan fingerprint density at radius 3 is 1.29 bits per heavy atom. The van der Waals surface area contributed by atoms with Gasteiger partial charge in [0, 0.05) is 12.6 Å². The Morgan fingerprint density at radius 1 is 0.553 bits per heavy atom. The standard InChI is InChI=1S/C35H38N2O/c1-36(2)34(30-20-12-6-13-21-30)24-26-35(27-25-34,31-22-14-7-15-23-31)37(3)33(38)32(28-16-8-4-9-17-28)29-18-10-5-11-19-29/h4-23,32H,24-27H2,1-3H3. The van der Waals surface area contributed by atoms with Crippen molar-refractivity contribution in [3.8, 4) is 0 Å². The molecule has 4 aromatic carbocycles. The lowest BCUT2D eigenvalue weighted by Gasteiger charge is -2.53. The summed E-state index contributed by atoms with van der Waals surface area (Å²) in [6.07, 6.45) is 3.72. The van der Waals surface area contributed by atoms with Gasteiger partial charge >= 0.3 is 0 Å². The first-order chi connectivity index (χ1) is 18.5. The highest BCUT2D eigenvalue weighted by atomic mass is 16.2. The average molecular weight is 503 g/mol. The largest absolute Gasteiger partial charge is 0.335 e. The highest BCUT2D eigenvalue weighted by Gasteiger charge is 2.49. The molecule has 0 radical (unpaired) electrons. The number of amides is 1. The van der Waals surface area contributed by atoms with Crippen molar-refractivity contribution >= 4 is 5.91 Å². The third kappa shape index (κ3) is 4.68. The first-order valence-corrected chi connectivity index (χ1v) is 13.6. The normalized spacial score (nSPS) is 21.4. The topological polar surface area (TPSA) is 23.6 Å². The fourth-order valence-corrected chi connectivity index (χ4v) is 6.56. The van der Waals surface area contributed by atoms with Crippen molar-refractivity contribution in [3.05, 3.63) is 144 Å². The SMILES string of the molecule is CN(C)C1(c2ccccc2)CCC(c2ccccc2)(N(C)C(=O)C(c2ccccc2)c2ccccc2)CC1. The van der Waals surface area contributed by atoms with Crippen LogP contribution in [0.2, 0.25) is 0 Å². The second-order valence-electron chi connectivity index (χ2n) is 10.8. The van der Waals surface area contributed by atoms with Crippen LogP contribution in [0.4, 0.5) is 0 Å². The first-order valence-electron chi connectivity index (χ1n) is 13.6. The number of carbonyl (C=O) groups excluding carboxylic acids is 1. The van der Waals surface area contributed by atoms with Gasteiger partial charge in [0.2, 0.25) is 5.91 Å². The van der Waals surface area contributed by atoms with Crippen LogP contribution in [0.15, 0.2) is 121 Å². The van der Waals surface area contributed by atoms with Crippen LogP contribution in [-0.4, -0.2) is 36.9 Å². The number of rotatable bonds is 7. The van der Waals surface area contributed by atoms with Gasteiger partial charge in [-0.2, -0.15) is 0 Å². The molecule has 3 heteroatoms. The van der Waals surface area contributed by atoms with Crippen LogP contribution < -0.4 is 0 Å². The third-order valence-corrected chi connectivity index (χ3v) is 8.87. The number of nitrogens with zero attached hydrogens (tertiary/aromatic N) is 2. The van der Waals surface area contributed by atoms with Gasteiger partial charge in [0.25, 0.3) is 0 Å². The van der Waals surface area contributed by atoms with E-state index in [9.17, 15) is 4.79 Å². The van der Waals surface area contributed by atoms with E-state index in [4.69, 9.17) is 0 Å². The van der Waals surface area contributed by atoms with Crippen molar-refractivity contribution < 1.29 is 4.79 Å². The third-order valence-electron chi connectivity index (χ3n) is 8.87. The number of hydrogen-bond acceptors (Lipinski definition) is 2. The molecule has 5 rings (SSSR count). The molecule has 1 aliphatic rings. The van der Waals surface area contributed by atoms with Crippen molar-refractivity contribution in [1.29, 1.82) is 0 Å². The minimum absolute atomic E-state index is 0.0539. The maximum Gasteiger partial charge on any atom is 0.235 e. The number of benzene rings is 4. The molecule has 0 bridgehead atoms. The molecule has 0 spiro atoms. The number of likely N-dealkylation sites (N-methyl/N-ethyl adjacent to an activating group) is 1. The van der Waals surface area contributed by atoms with Crippen molar-refractivity contribution in [2.24, 2.45) is 0 Å². The van der Waals surface area contributed by atoms with Crippen LogP contribution in [0.25, 0.3) is 0 Å². The van der Waals surface area contributed by atoms with Gasteiger partial charge in [0.1, 0.15) is 0 Å². The molecule has 0 saturated heterocycles. The fraction of sp³-hybridized carbons (Fsp3) is 0.286. The van der Waals surface area contributed by atoms with E-state index < -0.39 is 0 Å². The predicted molar refractivity (Wildman–Crippen MR) is 156 cm³/mol. The quantitative estimate of drug-likeness (QED) is 0.267. The summed E-state index contributed by atoms with van der Waals surface area (Å²) < 4.78 is 0. The van der Waals surface area contributed by atoms with Crippen molar-refractivity contribution in [1.82, 2.24) is 9.80 Å². The van der Waals surface area contributed by atoms with Gasteiger partial charge in [-0.1, -0.05) is 121 Å². The van der Waals surface area contributed by atoms with Crippen LogP contribution in [-0.2, 0) is 15.9 Å². The molecule has 1 aliphatic carbocycles. The minimum atomic E-state index is -0.381. The molecule has 3 nitrogen and oxygen atoms in total. The Bertz CT molecular complexity index is 1270. The lowest BCUT2D eigenvalue weighted by atomic mass is 9.65. The van der Waals surface area contributed by atoms with E-state index in [-0.39, 0.29) is 22.9 Å². The summed E-state index contributed by atoms with van der Waals surface area (Å²) in [4.78, 5) is 19.1. The van der Waals surface area contributed by atoms with Crippen molar-refractivity contribution in [2.45, 2.75) is 42.7 Å². The fourth-order valence-electron chi connectivity index (χ4n) is 6.56. The molecule has 4 aromatic rings. The smallest absolute Gasteiger partial charge is 0.235 e. The zero-order valence-electron chi connectivity index (χ0n) is 22.8. The van der Waals surface area contributed by atoms with Crippen LogP contribution in [0, 0.1) is 0 Å². The van der Waals surface area contributed by atoms with Gasteiger partial charge < -0.3 is 4.90 Å². The Labute approximate surface area is 227 Å². The van der Waals surface area contributed by atoms with Crippen LogP contribution >= 0.6 is 0 Å². The van der Waals surface area contributed by atoms with Gasteiger partial charge in [-0.3, -0.25) is 9.69 Å². The lowest BCUT2D eigenvalue weighted by Crippen LogP contribution is -2.55. The van der Waals surface area contributed by atoms with Gasteiger partial charge in [0.05, 0.1) is 11.5 Å². The molecular formula is C35H38N2O. The van der Waals surface area contributed by atoms with E-state index >= 15 is 0 Å². The molecule has 0 aliphatic heterocycles. The van der Waals surface area contributed by atoms with E-state index in [0.29, 0.717) is 0 Å². The van der Waals surface area contributed by atoms with Gasteiger partial charge in [-0.25, -0.2) is 0 Å². The molecule has 0 N–H and O–H groups in total. The maximum atomic E-state index is 14.6. The molecule has 194 valence electrons. The van der Waals surface area contributed by atoms with Gasteiger partial charge in [-0.05, 0) is 62.0 Å². The molecule has 0 atom stereocenters.